The molecule has 0 aliphatic carbocycles. The molecular formula is C13H21NO. The Bertz CT molecular complexity index is 275. The SMILES string of the molecule is CCC(CC)Oc1ccc(C(C)N)cc1. The van der Waals surface area contributed by atoms with Gasteiger partial charge in [-0.1, -0.05) is 26.0 Å². The Morgan fingerprint density at radius 2 is 1.67 bits per heavy atom. The third kappa shape index (κ3) is 3.56. The van der Waals surface area contributed by atoms with Crippen LogP contribution in [0, 0.1) is 0 Å². The van der Waals surface area contributed by atoms with Crippen LogP contribution in [0.1, 0.15) is 45.2 Å². The lowest BCUT2D eigenvalue weighted by Crippen LogP contribution is -2.13. The summed E-state index contributed by atoms with van der Waals surface area (Å²) in [6.07, 6.45) is 2.42. The summed E-state index contributed by atoms with van der Waals surface area (Å²) in [5.74, 6) is 0.938. The smallest absolute Gasteiger partial charge is 0.119 e. The summed E-state index contributed by atoms with van der Waals surface area (Å²) in [6.45, 7) is 6.27. The van der Waals surface area contributed by atoms with Crippen molar-refractivity contribution in [2.45, 2.75) is 45.8 Å². The van der Waals surface area contributed by atoms with Crippen molar-refractivity contribution >= 4 is 0 Å². The first-order valence-corrected chi connectivity index (χ1v) is 5.69. The predicted molar refractivity (Wildman–Crippen MR) is 64.0 cm³/mol. The van der Waals surface area contributed by atoms with Crippen molar-refractivity contribution in [2.75, 3.05) is 0 Å². The lowest BCUT2D eigenvalue weighted by Gasteiger charge is -2.16. The first-order valence-electron chi connectivity index (χ1n) is 5.69. The van der Waals surface area contributed by atoms with E-state index in [0.29, 0.717) is 6.10 Å². The van der Waals surface area contributed by atoms with Gasteiger partial charge in [0.15, 0.2) is 0 Å². The van der Waals surface area contributed by atoms with Gasteiger partial charge in [-0.2, -0.15) is 0 Å². The molecule has 1 atom stereocenters. The lowest BCUT2D eigenvalue weighted by molar-refractivity contribution is 0.193. The molecule has 1 rings (SSSR count). The van der Waals surface area contributed by atoms with E-state index in [-0.39, 0.29) is 6.04 Å². The van der Waals surface area contributed by atoms with Gasteiger partial charge in [0.25, 0.3) is 0 Å². The van der Waals surface area contributed by atoms with Crippen molar-refractivity contribution in [3.63, 3.8) is 0 Å². The van der Waals surface area contributed by atoms with Gasteiger partial charge in [0.05, 0.1) is 6.10 Å². The number of hydrogen-bond acceptors (Lipinski definition) is 2. The van der Waals surface area contributed by atoms with Crippen LogP contribution in [0.5, 0.6) is 5.75 Å². The number of nitrogens with two attached hydrogens (primary N) is 1. The first-order chi connectivity index (χ1) is 7.17. The molecule has 1 unspecified atom stereocenters. The second-order valence-electron chi connectivity index (χ2n) is 3.91. The fourth-order valence-corrected chi connectivity index (χ4v) is 1.50. The molecule has 0 heterocycles. The van der Waals surface area contributed by atoms with E-state index < -0.39 is 0 Å². The second kappa shape index (κ2) is 5.76. The third-order valence-electron chi connectivity index (χ3n) is 2.62. The van der Waals surface area contributed by atoms with Crippen molar-refractivity contribution in [3.05, 3.63) is 29.8 Å². The Morgan fingerprint density at radius 1 is 1.13 bits per heavy atom. The van der Waals surface area contributed by atoms with E-state index in [4.69, 9.17) is 10.5 Å². The van der Waals surface area contributed by atoms with Crippen molar-refractivity contribution in [2.24, 2.45) is 5.73 Å². The molecule has 2 nitrogen and oxygen atoms in total. The van der Waals surface area contributed by atoms with Crippen LogP contribution in [0.15, 0.2) is 24.3 Å². The van der Waals surface area contributed by atoms with Crippen LogP contribution in [0.3, 0.4) is 0 Å². The molecule has 0 aliphatic rings. The maximum atomic E-state index is 5.81. The fraction of sp³-hybridized carbons (Fsp3) is 0.538. The molecule has 0 saturated carbocycles. The zero-order valence-electron chi connectivity index (χ0n) is 9.86. The summed E-state index contributed by atoms with van der Waals surface area (Å²) in [5, 5.41) is 0. The van der Waals surface area contributed by atoms with Crippen LogP contribution in [0.4, 0.5) is 0 Å². The lowest BCUT2D eigenvalue weighted by atomic mass is 10.1. The van der Waals surface area contributed by atoms with Crippen molar-refractivity contribution in [1.82, 2.24) is 0 Å². The summed E-state index contributed by atoms with van der Waals surface area (Å²) in [5.41, 5.74) is 6.92. The highest BCUT2D eigenvalue weighted by atomic mass is 16.5. The Labute approximate surface area is 92.4 Å². The third-order valence-corrected chi connectivity index (χ3v) is 2.62. The van der Waals surface area contributed by atoms with Crippen molar-refractivity contribution in [3.8, 4) is 5.75 Å². The molecule has 84 valence electrons. The van der Waals surface area contributed by atoms with Crippen molar-refractivity contribution < 1.29 is 4.74 Å². The summed E-state index contributed by atoms with van der Waals surface area (Å²) >= 11 is 0. The van der Waals surface area contributed by atoms with Gasteiger partial charge in [-0.15, -0.1) is 0 Å². The Kier molecular flexibility index (Phi) is 4.63. The maximum absolute atomic E-state index is 5.81. The summed E-state index contributed by atoms with van der Waals surface area (Å²) in [6, 6.07) is 8.14. The fourth-order valence-electron chi connectivity index (χ4n) is 1.50. The predicted octanol–water partition coefficient (Wildman–Crippen LogP) is 3.27. The molecule has 0 aromatic heterocycles. The number of benzene rings is 1. The van der Waals surface area contributed by atoms with Crippen LogP contribution in [0.2, 0.25) is 0 Å². The zero-order valence-corrected chi connectivity index (χ0v) is 9.86. The Hall–Kier alpha value is -1.02. The van der Waals surface area contributed by atoms with E-state index >= 15 is 0 Å². The van der Waals surface area contributed by atoms with Gasteiger partial charge in [-0.05, 0) is 37.5 Å². The topological polar surface area (TPSA) is 35.2 Å². The molecule has 0 bridgehead atoms. The largest absolute Gasteiger partial charge is 0.490 e. The molecule has 2 heteroatoms. The monoisotopic (exact) mass is 207 g/mol. The molecule has 0 aliphatic heterocycles. The molecule has 0 saturated heterocycles. The van der Waals surface area contributed by atoms with Crippen LogP contribution in [-0.4, -0.2) is 6.10 Å². The van der Waals surface area contributed by atoms with Gasteiger partial charge < -0.3 is 10.5 Å². The Morgan fingerprint density at radius 3 is 2.07 bits per heavy atom. The van der Waals surface area contributed by atoms with E-state index in [9.17, 15) is 0 Å². The maximum Gasteiger partial charge on any atom is 0.119 e. The quantitative estimate of drug-likeness (QED) is 0.804. The van der Waals surface area contributed by atoms with E-state index in [2.05, 4.69) is 13.8 Å². The summed E-state index contributed by atoms with van der Waals surface area (Å²) in [4.78, 5) is 0. The van der Waals surface area contributed by atoms with Gasteiger partial charge in [-0.3, -0.25) is 0 Å². The zero-order chi connectivity index (χ0) is 11.3. The van der Waals surface area contributed by atoms with Gasteiger partial charge in [0, 0.05) is 6.04 Å². The van der Waals surface area contributed by atoms with E-state index in [1.165, 1.54) is 0 Å². The molecule has 15 heavy (non-hydrogen) atoms. The summed E-state index contributed by atoms with van der Waals surface area (Å²) < 4.78 is 5.81. The molecule has 1 aromatic rings. The molecular weight excluding hydrogens is 186 g/mol. The highest BCUT2D eigenvalue weighted by Gasteiger charge is 2.05. The van der Waals surface area contributed by atoms with Crippen LogP contribution >= 0.6 is 0 Å². The molecule has 0 spiro atoms. The molecule has 1 aromatic carbocycles. The number of ether oxygens (including phenoxy) is 1. The van der Waals surface area contributed by atoms with Crippen LogP contribution in [-0.2, 0) is 0 Å². The number of rotatable bonds is 5. The molecule has 0 fully saturated rings. The molecule has 0 amide bonds. The average molecular weight is 207 g/mol. The van der Waals surface area contributed by atoms with E-state index in [1.54, 1.807) is 0 Å². The minimum absolute atomic E-state index is 0.0900. The van der Waals surface area contributed by atoms with Crippen LogP contribution < -0.4 is 10.5 Å². The van der Waals surface area contributed by atoms with Crippen molar-refractivity contribution in [1.29, 1.82) is 0 Å². The minimum Gasteiger partial charge on any atom is -0.490 e. The highest BCUT2D eigenvalue weighted by molar-refractivity contribution is 5.28. The first kappa shape index (κ1) is 12.1. The van der Waals surface area contributed by atoms with E-state index in [0.717, 1.165) is 24.2 Å². The average Bonchev–Trinajstić information content (AvgIpc) is 2.26. The minimum atomic E-state index is 0.0900. The van der Waals surface area contributed by atoms with Gasteiger partial charge in [0.2, 0.25) is 0 Å². The molecule has 2 N–H and O–H groups in total. The standard InChI is InChI=1S/C13H21NO/c1-4-12(5-2)15-13-8-6-11(7-9-13)10(3)14/h6-10,12H,4-5,14H2,1-3H3. The molecule has 0 radical (unpaired) electrons. The van der Waals surface area contributed by atoms with Gasteiger partial charge >= 0.3 is 0 Å². The Balaban J connectivity index is 2.63. The van der Waals surface area contributed by atoms with Gasteiger partial charge in [0.1, 0.15) is 5.75 Å². The van der Waals surface area contributed by atoms with Crippen LogP contribution in [0.25, 0.3) is 0 Å². The van der Waals surface area contributed by atoms with E-state index in [1.807, 2.05) is 31.2 Å². The van der Waals surface area contributed by atoms with Gasteiger partial charge in [-0.25, -0.2) is 0 Å². The highest BCUT2D eigenvalue weighted by Crippen LogP contribution is 2.18. The summed E-state index contributed by atoms with van der Waals surface area (Å²) in [7, 11) is 0. The normalized spacial score (nSPS) is 12.9. The number of hydrogen-bond donors (Lipinski definition) is 1. The second-order valence-corrected chi connectivity index (χ2v) is 3.91.